The lowest BCUT2D eigenvalue weighted by molar-refractivity contribution is -0.383. The molecule has 0 radical (unpaired) electrons. The first-order valence-corrected chi connectivity index (χ1v) is 8.24. The highest BCUT2D eigenvalue weighted by Crippen LogP contribution is 2.33. The molecule has 0 bridgehead atoms. The Morgan fingerprint density at radius 1 is 1.48 bits per heavy atom. The first-order chi connectivity index (χ1) is 9.44. The third-order valence-corrected chi connectivity index (χ3v) is 4.92. The highest BCUT2D eigenvalue weighted by atomic mass is 32.2. The third kappa shape index (κ3) is 4.76. The molecule has 10 heteroatoms. The van der Waals surface area contributed by atoms with Gasteiger partial charge in [-0.2, -0.15) is 4.72 Å². The summed E-state index contributed by atoms with van der Waals surface area (Å²) in [7, 11) is -4.16. The van der Waals surface area contributed by atoms with E-state index in [0.29, 0.717) is 0 Å². The summed E-state index contributed by atoms with van der Waals surface area (Å²) in [6, 6.07) is 0. The van der Waals surface area contributed by atoms with Crippen molar-refractivity contribution in [2.75, 3.05) is 6.54 Å². The van der Waals surface area contributed by atoms with Crippen molar-refractivity contribution in [2.24, 2.45) is 0 Å². The number of aryl methyl sites for hydroxylation is 1. The number of thiophene rings is 1. The van der Waals surface area contributed by atoms with Crippen molar-refractivity contribution in [1.29, 1.82) is 0 Å². The molecule has 1 aromatic heterocycles. The molecular formula is C11H16N2O6S2. The lowest BCUT2D eigenvalue weighted by Gasteiger charge is -2.19. The number of nitrogens with zero attached hydrogens (tertiary/aromatic N) is 1. The molecule has 0 aliphatic rings. The number of hydrogen-bond donors (Lipinski definition) is 1. The van der Waals surface area contributed by atoms with Crippen LogP contribution in [0, 0.1) is 17.0 Å². The average molecular weight is 336 g/mol. The number of rotatable bonds is 5. The number of sulfonamides is 1. The first-order valence-electron chi connectivity index (χ1n) is 5.88. The molecule has 0 unspecified atom stereocenters. The van der Waals surface area contributed by atoms with Crippen LogP contribution < -0.4 is 4.72 Å². The maximum atomic E-state index is 12.1. The van der Waals surface area contributed by atoms with Crippen molar-refractivity contribution in [1.82, 2.24) is 4.72 Å². The van der Waals surface area contributed by atoms with Crippen LogP contribution in [0.4, 0.5) is 5.00 Å². The molecule has 0 aliphatic carbocycles. The van der Waals surface area contributed by atoms with Gasteiger partial charge < -0.3 is 4.74 Å². The van der Waals surface area contributed by atoms with Crippen LogP contribution in [-0.2, 0) is 19.6 Å². The van der Waals surface area contributed by atoms with Gasteiger partial charge >= 0.3 is 11.0 Å². The van der Waals surface area contributed by atoms with Crippen LogP contribution in [0.25, 0.3) is 0 Å². The average Bonchev–Trinajstić information content (AvgIpc) is 2.67. The lowest BCUT2D eigenvalue weighted by Crippen LogP contribution is -2.34. The van der Waals surface area contributed by atoms with Crippen LogP contribution >= 0.6 is 11.3 Å². The smallest absolute Gasteiger partial charge is 0.344 e. The predicted octanol–water partition coefficient (Wildman–Crippen LogP) is 1.58. The first kappa shape index (κ1) is 17.5. The van der Waals surface area contributed by atoms with Gasteiger partial charge in [-0.15, -0.1) is 0 Å². The van der Waals surface area contributed by atoms with E-state index in [-0.39, 0.29) is 5.56 Å². The minimum Gasteiger partial charge on any atom is -0.459 e. The Labute approximate surface area is 126 Å². The summed E-state index contributed by atoms with van der Waals surface area (Å²) in [5, 5.41) is 11.7. The second-order valence-corrected chi connectivity index (χ2v) is 7.78. The minimum atomic E-state index is -4.16. The lowest BCUT2D eigenvalue weighted by atomic mass is 10.2. The molecule has 0 atom stereocenters. The fourth-order valence-electron chi connectivity index (χ4n) is 1.48. The SMILES string of the molecule is Cc1csc([N+](=O)[O-])c1S(=O)(=O)NCC(=O)OC(C)(C)C. The van der Waals surface area contributed by atoms with Crippen LogP contribution in [0.1, 0.15) is 26.3 Å². The van der Waals surface area contributed by atoms with Gasteiger partial charge in [-0.05, 0) is 33.3 Å². The van der Waals surface area contributed by atoms with Crippen LogP contribution in [0.3, 0.4) is 0 Å². The van der Waals surface area contributed by atoms with E-state index in [1.807, 2.05) is 4.72 Å². The van der Waals surface area contributed by atoms with Crippen molar-refractivity contribution in [3.63, 3.8) is 0 Å². The van der Waals surface area contributed by atoms with E-state index in [4.69, 9.17) is 4.74 Å². The van der Waals surface area contributed by atoms with Crippen molar-refractivity contribution >= 4 is 32.3 Å². The number of nitro groups is 1. The fraction of sp³-hybridized carbons (Fsp3) is 0.545. The van der Waals surface area contributed by atoms with Crippen LogP contribution in [0.2, 0.25) is 0 Å². The summed E-state index contributed by atoms with van der Waals surface area (Å²) in [6.07, 6.45) is 0. The Kier molecular flexibility index (Phi) is 5.07. The molecule has 1 aromatic rings. The molecule has 8 nitrogen and oxygen atoms in total. The second-order valence-electron chi connectivity index (χ2n) is 5.22. The zero-order chi connectivity index (χ0) is 16.4. The Morgan fingerprint density at radius 2 is 2.05 bits per heavy atom. The summed E-state index contributed by atoms with van der Waals surface area (Å²) in [4.78, 5) is 21.2. The van der Waals surface area contributed by atoms with Crippen molar-refractivity contribution in [3.8, 4) is 0 Å². The minimum absolute atomic E-state index is 0.253. The number of ether oxygens (including phenoxy) is 1. The number of esters is 1. The zero-order valence-electron chi connectivity index (χ0n) is 12.0. The fourth-order valence-corrected chi connectivity index (χ4v) is 4.02. The maximum absolute atomic E-state index is 12.1. The van der Waals surface area contributed by atoms with Gasteiger partial charge in [-0.25, -0.2) is 8.42 Å². The van der Waals surface area contributed by atoms with E-state index in [0.717, 1.165) is 11.3 Å². The van der Waals surface area contributed by atoms with E-state index >= 15 is 0 Å². The highest BCUT2D eigenvalue weighted by Gasteiger charge is 2.31. The molecule has 118 valence electrons. The molecular weight excluding hydrogens is 320 g/mol. The molecule has 0 aromatic carbocycles. The second kappa shape index (κ2) is 6.08. The Morgan fingerprint density at radius 3 is 2.52 bits per heavy atom. The zero-order valence-corrected chi connectivity index (χ0v) is 13.6. The van der Waals surface area contributed by atoms with Crippen LogP contribution in [-0.4, -0.2) is 31.5 Å². The molecule has 0 saturated heterocycles. The van der Waals surface area contributed by atoms with Crippen molar-refractivity contribution in [2.45, 2.75) is 38.2 Å². The predicted molar refractivity (Wildman–Crippen MR) is 76.7 cm³/mol. The molecule has 21 heavy (non-hydrogen) atoms. The van der Waals surface area contributed by atoms with Crippen molar-refractivity contribution in [3.05, 3.63) is 21.1 Å². The van der Waals surface area contributed by atoms with Crippen molar-refractivity contribution < 1.29 is 22.9 Å². The molecule has 1 heterocycles. The van der Waals surface area contributed by atoms with E-state index in [1.54, 1.807) is 20.8 Å². The molecule has 0 amide bonds. The third-order valence-electron chi connectivity index (χ3n) is 2.16. The normalized spacial score (nSPS) is 12.2. The highest BCUT2D eigenvalue weighted by molar-refractivity contribution is 7.90. The summed E-state index contributed by atoms with van der Waals surface area (Å²) in [6.45, 7) is 5.80. The topological polar surface area (TPSA) is 116 Å². The molecule has 1 rings (SSSR count). The molecule has 1 N–H and O–H groups in total. The standard InChI is InChI=1S/C11H16N2O6S2/c1-7-6-20-10(13(15)16)9(7)21(17,18)12-5-8(14)19-11(2,3)4/h6,12H,5H2,1-4H3. The maximum Gasteiger partial charge on any atom is 0.344 e. The number of hydrogen-bond acceptors (Lipinski definition) is 7. The van der Waals surface area contributed by atoms with E-state index < -0.39 is 43.0 Å². The Bertz CT molecular complexity index is 657. The van der Waals surface area contributed by atoms with Gasteiger partial charge in [0, 0.05) is 5.38 Å². The van der Waals surface area contributed by atoms with Crippen LogP contribution in [0.15, 0.2) is 10.3 Å². The monoisotopic (exact) mass is 336 g/mol. The van der Waals surface area contributed by atoms with Gasteiger partial charge in [0.15, 0.2) is 4.90 Å². The van der Waals surface area contributed by atoms with E-state index in [2.05, 4.69) is 0 Å². The summed E-state index contributed by atoms with van der Waals surface area (Å²) < 4.78 is 31.2. The summed E-state index contributed by atoms with van der Waals surface area (Å²) in [5.74, 6) is -0.762. The van der Waals surface area contributed by atoms with E-state index in [1.165, 1.54) is 12.3 Å². The largest absolute Gasteiger partial charge is 0.459 e. The van der Waals surface area contributed by atoms with Gasteiger partial charge in [0.1, 0.15) is 12.1 Å². The van der Waals surface area contributed by atoms with Gasteiger partial charge in [-0.1, -0.05) is 11.3 Å². The Hall–Kier alpha value is -1.52. The number of carbonyl (C=O) groups excluding carboxylic acids is 1. The van der Waals surface area contributed by atoms with Gasteiger partial charge in [0.2, 0.25) is 10.0 Å². The number of nitrogens with one attached hydrogen (secondary N) is 1. The molecule has 0 fully saturated rings. The van der Waals surface area contributed by atoms with Gasteiger partial charge in [0.25, 0.3) is 0 Å². The van der Waals surface area contributed by atoms with Gasteiger partial charge in [-0.3, -0.25) is 14.9 Å². The van der Waals surface area contributed by atoms with E-state index in [9.17, 15) is 23.3 Å². The molecule has 0 aliphatic heterocycles. The van der Waals surface area contributed by atoms with Gasteiger partial charge in [0.05, 0.1) is 4.92 Å². The summed E-state index contributed by atoms with van der Waals surface area (Å²) in [5.41, 5.74) is -0.490. The van der Waals surface area contributed by atoms with Crippen LogP contribution in [0.5, 0.6) is 0 Å². The number of carbonyl (C=O) groups is 1. The molecule has 0 saturated carbocycles. The molecule has 0 spiro atoms. The quantitative estimate of drug-likeness (QED) is 0.496. The summed E-state index contributed by atoms with van der Waals surface area (Å²) >= 11 is 0.721. The Balaban J connectivity index is 2.91.